The van der Waals surface area contributed by atoms with E-state index in [4.69, 9.17) is 23.2 Å². The van der Waals surface area contributed by atoms with Gasteiger partial charge in [0, 0.05) is 16.6 Å². The zero-order valence-electron chi connectivity index (χ0n) is 18.0. The maximum atomic E-state index is 12.6. The van der Waals surface area contributed by atoms with Crippen LogP contribution in [0.5, 0.6) is 0 Å². The van der Waals surface area contributed by atoms with Gasteiger partial charge in [0.05, 0.1) is 16.8 Å². The summed E-state index contributed by atoms with van der Waals surface area (Å²) in [5, 5.41) is 22.9. The van der Waals surface area contributed by atoms with E-state index in [1.807, 2.05) is 19.9 Å². The number of rotatable bonds is 7. The van der Waals surface area contributed by atoms with Crippen LogP contribution in [0, 0.1) is 17.2 Å². The van der Waals surface area contributed by atoms with Crippen molar-refractivity contribution >= 4 is 40.9 Å². The fraction of sp³-hybridized carbons (Fsp3) is 0.545. The summed E-state index contributed by atoms with van der Waals surface area (Å²) in [6.07, 6.45) is 5.60. The largest absolute Gasteiger partial charge is 0.337 e. The molecule has 1 fully saturated rings. The van der Waals surface area contributed by atoms with E-state index >= 15 is 0 Å². The average molecular weight is 480 g/mol. The third-order valence-corrected chi connectivity index (χ3v) is 7.39. The van der Waals surface area contributed by atoms with E-state index in [1.165, 1.54) is 18.2 Å². The number of hydrogen-bond acceptors (Lipinski definition) is 5. The molecule has 1 aromatic heterocycles. The first-order chi connectivity index (χ1) is 14.7. The SMILES string of the molecule is CC(C)[C@@](C)(C#N)NC(=O)CSc1nnc(-c2ccc(Cl)cc2Cl)n1C1CCCCC1. The van der Waals surface area contributed by atoms with Crippen LogP contribution in [0.15, 0.2) is 23.4 Å². The van der Waals surface area contributed by atoms with Gasteiger partial charge in [-0.1, -0.05) is 68.1 Å². The summed E-state index contributed by atoms with van der Waals surface area (Å²) >= 11 is 13.9. The molecule has 1 saturated carbocycles. The number of carbonyl (C=O) groups is 1. The molecule has 0 spiro atoms. The van der Waals surface area contributed by atoms with Crippen LogP contribution in [0.2, 0.25) is 10.0 Å². The summed E-state index contributed by atoms with van der Waals surface area (Å²) in [7, 11) is 0. The second-order valence-electron chi connectivity index (χ2n) is 8.40. The van der Waals surface area contributed by atoms with Crippen LogP contribution >= 0.6 is 35.0 Å². The Bertz CT molecular complexity index is 981. The van der Waals surface area contributed by atoms with Gasteiger partial charge in [0.15, 0.2) is 11.0 Å². The van der Waals surface area contributed by atoms with Crippen molar-refractivity contribution < 1.29 is 4.79 Å². The van der Waals surface area contributed by atoms with Crippen molar-refractivity contribution in [2.75, 3.05) is 5.75 Å². The van der Waals surface area contributed by atoms with Crippen LogP contribution in [0.25, 0.3) is 11.4 Å². The van der Waals surface area contributed by atoms with Crippen LogP contribution in [-0.2, 0) is 4.79 Å². The molecular weight excluding hydrogens is 453 g/mol. The monoisotopic (exact) mass is 479 g/mol. The number of nitriles is 1. The molecule has 0 aliphatic heterocycles. The number of thioether (sulfide) groups is 1. The Morgan fingerprint density at radius 1 is 1.32 bits per heavy atom. The fourth-order valence-electron chi connectivity index (χ4n) is 3.66. The molecule has 1 N–H and O–H groups in total. The minimum Gasteiger partial charge on any atom is -0.337 e. The number of carbonyl (C=O) groups excluding carboxylic acids is 1. The zero-order chi connectivity index (χ0) is 22.6. The van der Waals surface area contributed by atoms with Crippen LogP contribution < -0.4 is 5.32 Å². The number of hydrogen-bond donors (Lipinski definition) is 1. The van der Waals surface area contributed by atoms with E-state index < -0.39 is 5.54 Å². The van der Waals surface area contributed by atoms with Gasteiger partial charge >= 0.3 is 0 Å². The lowest BCUT2D eigenvalue weighted by Gasteiger charge is -2.27. The van der Waals surface area contributed by atoms with E-state index in [-0.39, 0.29) is 23.6 Å². The average Bonchev–Trinajstić information content (AvgIpc) is 3.16. The molecule has 0 saturated heterocycles. The molecule has 1 heterocycles. The number of benzene rings is 1. The van der Waals surface area contributed by atoms with Gasteiger partial charge in [0.1, 0.15) is 5.54 Å². The quantitative estimate of drug-likeness (QED) is 0.499. The Morgan fingerprint density at radius 3 is 2.65 bits per heavy atom. The zero-order valence-corrected chi connectivity index (χ0v) is 20.3. The lowest BCUT2D eigenvalue weighted by atomic mass is 9.90. The fourth-order valence-corrected chi connectivity index (χ4v) is 4.95. The molecular formula is C22H27Cl2N5OS. The van der Waals surface area contributed by atoms with Gasteiger partial charge in [-0.3, -0.25) is 9.36 Å². The van der Waals surface area contributed by atoms with Gasteiger partial charge in [-0.15, -0.1) is 10.2 Å². The number of aromatic nitrogens is 3. The summed E-state index contributed by atoms with van der Waals surface area (Å²) in [5.74, 6) is 0.645. The van der Waals surface area contributed by atoms with Crippen LogP contribution in [0.4, 0.5) is 0 Å². The first kappa shape index (κ1) is 23.9. The summed E-state index contributed by atoms with van der Waals surface area (Å²) in [5.41, 5.74) is -0.131. The lowest BCUT2D eigenvalue weighted by Crippen LogP contribution is -2.49. The maximum Gasteiger partial charge on any atom is 0.231 e. The minimum atomic E-state index is -0.906. The molecule has 1 atom stereocenters. The maximum absolute atomic E-state index is 12.6. The normalized spacial score (nSPS) is 16.7. The van der Waals surface area contributed by atoms with Crippen molar-refractivity contribution in [3.05, 3.63) is 28.2 Å². The Labute approximate surface area is 197 Å². The Hall–Kier alpha value is -1.75. The molecule has 3 rings (SSSR count). The molecule has 0 bridgehead atoms. The molecule has 31 heavy (non-hydrogen) atoms. The van der Waals surface area contributed by atoms with E-state index in [1.54, 1.807) is 19.1 Å². The second-order valence-corrected chi connectivity index (χ2v) is 10.2. The highest BCUT2D eigenvalue weighted by Crippen LogP contribution is 2.38. The predicted molar refractivity (Wildman–Crippen MR) is 125 cm³/mol. The molecule has 9 heteroatoms. The smallest absolute Gasteiger partial charge is 0.231 e. The third-order valence-electron chi connectivity index (χ3n) is 5.89. The van der Waals surface area contributed by atoms with E-state index in [0.29, 0.717) is 21.0 Å². The molecule has 1 amide bonds. The molecule has 2 aromatic rings. The molecule has 166 valence electrons. The number of amides is 1. The molecule has 1 aliphatic rings. The predicted octanol–water partition coefficient (Wildman–Crippen LogP) is 5.90. The van der Waals surface area contributed by atoms with Crippen molar-refractivity contribution in [2.45, 2.75) is 69.6 Å². The first-order valence-electron chi connectivity index (χ1n) is 10.5. The highest BCUT2D eigenvalue weighted by molar-refractivity contribution is 7.99. The highest BCUT2D eigenvalue weighted by Gasteiger charge is 2.30. The summed E-state index contributed by atoms with van der Waals surface area (Å²) < 4.78 is 2.12. The number of nitrogens with zero attached hydrogens (tertiary/aromatic N) is 4. The Morgan fingerprint density at radius 2 is 2.03 bits per heavy atom. The minimum absolute atomic E-state index is 0.00371. The van der Waals surface area contributed by atoms with Crippen molar-refractivity contribution in [1.82, 2.24) is 20.1 Å². The highest BCUT2D eigenvalue weighted by atomic mass is 35.5. The van der Waals surface area contributed by atoms with Crippen LogP contribution in [0.3, 0.4) is 0 Å². The Balaban J connectivity index is 1.86. The third kappa shape index (κ3) is 5.54. The van der Waals surface area contributed by atoms with Gasteiger partial charge in [0.25, 0.3) is 0 Å². The lowest BCUT2D eigenvalue weighted by molar-refractivity contribution is -0.120. The van der Waals surface area contributed by atoms with E-state index in [9.17, 15) is 10.1 Å². The molecule has 1 aliphatic carbocycles. The van der Waals surface area contributed by atoms with Gasteiger partial charge in [-0.05, 0) is 43.9 Å². The molecule has 1 aromatic carbocycles. The van der Waals surface area contributed by atoms with Crippen molar-refractivity contribution in [3.63, 3.8) is 0 Å². The number of nitrogens with one attached hydrogen (secondary N) is 1. The van der Waals surface area contributed by atoms with E-state index in [0.717, 1.165) is 31.2 Å². The summed E-state index contributed by atoms with van der Waals surface area (Å²) in [6.45, 7) is 5.57. The van der Waals surface area contributed by atoms with Crippen molar-refractivity contribution in [3.8, 4) is 17.5 Å². The molecule has 6 nitrogen and oxygen atoms in total. The van der Waals surface area contributed by atoms with Gasteiger partial charge in [-0.25, -0.2) is 0 Å². The molecule has 0 unspecified atom stereocenters. The Kier molecular flexibility index (Phi) is 7.90. The van der Waals surface area contributed by atoms with Crippen molar-refractivity contribution in [1.29, 1.82) is 5.26 Å². The first-order valence-corrected chi connectivity index (χ1v) is 12.2. The molecule has 0 radical (unpaired) electrons. The van der Waals surface area contributed by atoms with Crippen LogP contribution in [-0.4, -0.2) is 32.0 Å². The number of halogens is 2. The standard InChI is InChI=1S/C22H27Cl2N5OS/c1-14(2)22(3,13-25)26-19(30)12-31-21-28-27-20(17-10-9-15(23)11-18(17)24)29(21)16-7-5-4-6-8-16/h9-11,14,16H,4-8,12H2,1-3H3,(H,26,30)/t22-/m1/s1. The van der Waals surface area contributed by atoms with Gasteiger partial charge in [-0.2, -0.15) is 5.26 Å². The van der Waals surface area contributed by atoms with Crippen molar-refractivity contribution in [2.24, 2.45) is 5.92 Å². The van der Waals surface area contributed by atoms with E-state index in [2.05, 4.69) is 26.2 Å². The topological polar surface area (TPSA) is 83.6 Å². The van der Waals surface area contributed by atoms with Gasteiger partial charge < -0.3 is 5.32 Å². The van der Waals surface area contributed by atoms with Crippen LogP contribution in [0.1, 0.15) is 58.9 Å². The second kappa shape index (κ2) is 10.2. The summed E-state index contributed by atoms with van der Waals surface area (Å²) in [6, 6.07) is 7.82. The van der Waals surface area contributed by atoms with Gasteiger partial charge in [0.2, 0.25) is 5.91 Å². The summed E-state index contributed by atoms with van der Waals surface area (Å²) in [4.78, 5) is 12.6.